The SMILES string of the molecule is C[C@H]1C2C[C@@H]2[C@@H]2C(=O)N(c3ccc(C#N)c4ccc(OCCCN5CCN(C(=O)c6cc(Cc7n[nH]c(=O)c8ccccc78)ccc6F)CC5)cc34)C(=O)N12. The van der Waals surface area contributed by atoms with Crippen LogP contribution in [-0.4, -0.2) is 94.2 Å². The molecule has 1 aromatic heterocycles. The Morgan fingerprint density at radius 1 is 0.945 bits per heavy atom. The van der Waals surface area contributed by atoms with Gasteiger partial charge in [0.2, 0.25) is 0 Å². The van der Waals surface area contributed by atoms with E-state index in [1.807, 2.05) is 19.1 Å². The summed E-state index contributed by atoms with van der Waals surface area (Å²) in [7, 11) is 0. The second-order valence-corrected chi connectivity index (χ2v) is 14.9. The van der Waals surface area contributed by atoms with Crippen LogP contribution < -0.4 is 15.2 Å². The summed E-state index contributed by atoms with van der Waals surface area (Å²) in [6.45, 7) is 5.33. The standard InChI is InChI=1S/C42H38FN7O5/c1-24-31-22-33(31)38-41(53)50(42(54)49(24)38)37-12-8-26(23-44)28-10-9-27(21-32(28)37)55-18-4-13-47-14-16-48(17-15-47)40(52)34-19-25(7-11-35(34)43)20-36-29-5-2-3-6-30(29)39(51)46-45-36/h2-3,5-12,19,21,24,31,33,38H,4,13-18,20,22H2,1H3,(H,46,51)/t24-,31?,33-,38+/m0/s1. The molecule has 4 aromatic carbocycles. The highest BCUT2D eigenvalue weighted by Gasteiger charge is 2.66. The van der Waals surface area contributed by atoms with Crippen LogP contribution in [0.4, 0.5) is 14.9 Å². The van der Waals surface area contributed by atoms with Gasteiger partial charge in [0.15, 0.2) is 0 Å². The number of amides is 4. The molecule has 3 aliphatic heterocycles. The van der Waals surface area contributed by atoms with Gasteiger partial charge in [-0.2, -0.15) is 10.4 Å². The van der Waals surface area contributed by atoms with Crippen molar-refractivity contribution >= 4 is 45.1 Å². The summed E-state index contributed by atoms with van der Waals surface area (Å²) in [5.74, 6) is 0.0575. The molecule has 5 aromatic rings. The number of piperidine rings is 1. The number of piperazine rings is 1. The van der Waals surface area contributed by atoms with E-state index in [4.69, 9.17) is 4.74 Å². The number of hydrogen-bond donors (Lipinski definition) is 1. The number of carbonyl (C=O) groups excluding carboxylic acids is 3. The topological polar surface area (TPSA) is 143 Å². The summed E-state index contributed by atoms with van der Waals surface area (Å²) in [6.07, 6.45) is 2.01. The third kappa shape index (κ3) is 5.97. The van der Waals surface area contributed by atoms with Gasteiger partial charge < -0.3 is 14.5 Å². The zero-order valence-corrected chi connectivity index (χ0v) is 30.2. The second-order valence-electron chi connectivity index (χ2n) is 14.9. The highest BCUT2D eigenvalue weighted by atomic mass is 19.1. The number of ether oxygens (including phenoxy) is 1. The molecule has 1 saturated carbocycles. The molecule has 0 radical (unpaired) electrons. The Morgan fingerprint density at radius 3 is 2.53 bits per heavy atom. The first kappa shape index (κ1) is 34.6. The van der Waals surface area contributed by atoms with Crippen molar-refractivity contribution in [3.8, 4) is 11.8 Å². The lowest BCUT2D eigenvalue weighted by atomic mass is 10.0. The zero-order chi connectivity index (χ0) is 38.0. The van der Waals surface area contributed by atoms with Gasteiger partial charge in [-0.05, 0) is 85.7 Å². The van der Waals surface area contributed by atoms with Crippen molar-refractivity contribution in [2.75, 3.05) is 44.2 Å². The summed E-state index contributed by atoms with van der Waals surface area (Å²) in [5, 5.41) is 19.0. The molecule has 13 heteroatoms. The fourth-order valence-corrected chi connectivity index (χ4v) is 8.84. The van der Waals surface area contributed by atoms with Crippen LogP contribution in [0.1, 0.15) is 46.9 Å². The Balaban J connectivity index is 0.809. The first-order valence-corrected chi connectivity index (χ1v) is 18.7. The predicted molar refractivity (Wildman–Crippen MR) is 202 cm³/mol. The van der Waals surface area contributed by atoms with E-state index in [9.17, 15) is 28.8 Å². The monoisotopic (exact) mass is 739 g/mol. The van der Waals surface area contributed by atoms with Crippen LogP contribution in [0.5, 0.6) is 5.75 Å². The average molecular weight is 740 g/mol. The molecule has 0 bridgehead atoms. The van der Waals surface area contributed by atoms with Gasteiger partial charge in [0.05, 0.1) is 40.6 Å². The van der Waals surface area contributed by atoms with Crippen LogP contribution in [0.3, 0.4) is 0 Å². The van der Waals surface area contributed by atoms with Gasteiger partial charge in [0.25, 0.3) is 17.4 Å². The third-order valence-corrected chi connectivity index (χ3v) is 11.8. The molecule has 12 nitrogen and oxygen atoms in total. The van der Waals surface area contributed by atoms with E-state index in [0.29, 0.717) is 101 Å². The minimum atomic E-state index is -0.581. The highest BCUT2D eigenvalue weighted by molar-refractivity contribution is 6.25. The fraction of sp³-hybridized carbons (Fsp3) is 0.333. The number of aromatic amines is 1. The van der Waals surface area contributed by atoms with E-state index in [1.54, 1.807) is 64.4 Å². The number of imide groups is 1. The molecule has 0 spiro atoms. The van der Waals surface area contributed by atoms with Crippen molar-refractivity contribution in [3.63, 3.8) is 0 Å². The minimum Gasteiger partial charge on any atom is -0.494 e. The number of H-pyrrole nitrogens is 1. The average Bonchev–Trinajstić information content (AvgIpc) is 3.88. The molecule has 4 atom stereocenters. The van der Waals surface area contributed by atoms with Gasteiger partial charge in [0.1, 0.15) is 17.6 Å². The largest absolute Gasteiger partial charge is 0.494 e. The van der Waals surface area contributed by atoms with Crippen LogP contribution in [0.15, 0.2) is 77.6 Å². The molecule has 4 fully saturated rings. The summed E-state index contributed by atoms with van der Waals surface area (Å²) in [4.78, 5) is 59.8. The number of fused-ring (bicyclic) bond motifs is 5. The molecule has 278 valence electrons. The van der Waals surface area contributed by atoms with Crippen LogP contribution in [0, 0.1) is 29.0 Å². The van der Waals surface area contributed by atoms with Gasteiger partial charge in [-0.25, -0.2) is 19.2 Å². The molecule has 4 aliphatic rings. The molecule has 1 aliphatic carbocycles. The van der Waals surface area contributed by atoms with Crippen molar-refractivity contribution in [1.29, 1.82) is 5.26 Å². The van der Waals surface area contributed by atoms with Crippen molar-refractivity contribution in [2.24, 2.45) is 11.8 Å². The van der Waals surface area contributed by atoms with Crippen LogP contribution in [-0.2, 0) is 11.2 Å². The van der Waals surface area contributed by atoms with E-state index in [2.05, 4.69) is 21.2 Å². The van der Waals surface area contributed by atoms with E-state index >= 15 is 0 Å². The van der Waals surface area contributed by atoms with Gasteiger partial charge in [-0.15, -0.1) is 0 Å². The van der Waals surface area contributed by atoms with Gasteiger partial charge >= 0.3 is 6.03 Å². The van der Waals surface area contributed by atoms with Crippen LogP contribution in [0.2, 0.25) is 0 Å². The van der Waals surface area contributed by atoms with Crippen LogP contribution in [0.25, 0.3) is 21.5 Å². The highest BCUT2D eigenvalue weighted by Crippen LogP contribution is 2.56. The van der Waals surface area contributed by atoms with Crippen molar-refractivity contribution < 1.29 is 23.5 Å². The van der Waals surface area contributed by atoms with E-state index in [-0.39, 0.29) is 40.9 Å². The number of nitriles is 1. The molecule has 9 rings (SSSR count). The number of nitrogens with zero attached hydrogens (tertiary/aromatic N) is 6. The first-order chi connectivity index (χ1) is 26.7. The maximum Gasteiger partial charge on any atom is 0.332 e. The number of urea groups is 1. The Labute approximate surface area is 315 Å². The molecular formula is C42H38FN7O5. The smallest absolute Gasteiger partial charge is 0.332 e. The quantitative estimate of drug-likeness (QED) is 0.163. The Hall–Kier alpha value is -6.13. The maximum atomic E-state index is 15.0. The van der Waals surface area contributed by atoms with Crippen molar-refractivity contribution in [1.82, 2.24) is 24.9 Å². The molecule has 4 heterocycles. The summed E-state index contributed by atoms with van der Waals surface area (Å²) in [6, 6.07) is 22.0. The Bertz CT molecular complexity index is 2490. The number of anilines is 1. The van der Waals surface area contributed by atoms with Gasteiger partial charge in [-0.1, -0.05) is 24.3 Å². The number of rotatable bonds is 9. The summed E-state index contributed by atoms with van der Waals surface area (Å²) < 4.78 is 21.1. The molecule has 1 unspecified atom stereocenters. The zero-order valence-electron chi connectivity index (χ0n) is 30.2. The molecule has 4 amide bonds. The van der Waals surface area contributed by atoms with Crippen molar-refractivity contribution in [2.45, 2.75) is 38.3 Å². The first-order valence-electron chi connectivity index (χ1n) is 18.7. The Kier molecular flexibility index (Phi) is 8.57. The Morgan fingerprint density at radius 2 is 1.75 bits per heavy atom. The van der Waals surface area contributed by atoms with Gasteiger partial charge in [-0.3, -0.25) is 19.3 Å². The summed E-state index contributed by atoms with van der Waals surface area (Å²) in [5.41, 5.74) is 2.00. The van der Waals surface area contributed by atoms with E-state index < -0.39 is 11.9 Å². The fourth-order valence-electron chi connectivity index (χ4n) is 8.84. The normalized spacial score (nSPS) is 21.9. The number of hydrogen-bond acceptors (Lipinski definition) is 8. The number of carbonyl (C=O) groups is 3. The van der Waals surface area contributed by atoms with Gasteiger partial charge in [0, 0.05) is 61.3 Å². The minimum absolute atomic E-state index is 0.0125. The lowest BCUT2D eigenvalue weighted by molar-refractivity contribution is -0.119. The number of aromatic nitrogens is 2. The number of benzene rings is 4. The lowest BCUT2D eigenvalue weighted by Crippen LogP contribution is -2.49. The maximum absolute atomic E-state index is 15.0. The summed E-state index contributed by atoms with van der Waals surface area (Å²) >= 11 is 0. The van der Waals surface area contributed by atoms with Crippen molar-refractivity contribution in [3.05, 3.63) is 111 Å². The molecule has 3 saturated heterocycles. The lowest BCUT2D eigenvalue weighted by Gasteiger charge is -2.34. The predicted octanol–water partition coefficient (Wildman–Crippen LogP) is 5.08. The molecular weight excluding hydrogens is 702 g/mol. The number of nitrogens with one attached hydrogen (secondary N) is 1. The van der Waals surface area contributed by atoms with E-state index in [1.165, 1.54) is 11.0 Å². The molecule has 1 N–H and O–H groups in total. The number of halogens is 1. The second kappa shape index (κ2) is 13.6. The van der Waals surface area contributed by atoms with Crippen LogP contribution >= 0.6 is 0 Å². The molecule has 55 heavy (non-hydrogen) atoms. The third-order valence-electron chi connectivity index (χ3n) is 11.8. The van der Waals surface area contributed by atoms with E-state index in [0.717, 1.165) is 13.0 Å².